The highest BCUT2D eigenvalue weighted by atomic mass is 16.3. The lowest BCUT2D eigenvalue weighted by molar-refractivity contribution is 0.615. The molecular formula is C29H24N2O. The molecular weight excluding hydrogens is 392 g/mol. The summed E-state index contributed by atoms with van der Waals surface area (Å²) in [6.07, 6.45) is 0.291. The highest BCUT2D eigenvalue weighted by Crippen LogP contribution is 2.35. The molecule has 0 aliphatic heterocycles. The largest absolute Gasteiger partial charge is 0.464 e. The van der Waals surface area contributed by atoms with Crippen molar-refractivity contribution in [1.82, 2.24) is 9.55 Å². The van der Waals surface area contributed by atoms with Gasteiger partial charge in [0.05, 0.1) is 16.6 Å². The van der Waals surface area contributed by atoms with Crippen molar-refractivity contribution in [2.45, 2.75) is 20.2 Å². The summed E-state index contributed by atoms with van der Waals surface area (Å²) in [4.78, 5) is 5.00. The fourth-order valence-corrected chi connectivity index (χ4v) is 4.41. The van der Waals surface area contributed by atoms with E-state index in [9.17, 15) is 0 Å². The predicted molar refractivity (Wildman–Crippen MR) is 132 cm³/mol. The fourth-order valence-electron chi connectivity index (χ4n) is 4.41. The van der Waals surface area contributed by atoms with E-state index in [1.54, 1.807) is 6.26 Å². The first kappa shape index (κ1) is 16.8. The van der Waals surface area contributed by atoms with Crippen molar-refractivity contribution in [3.8, 4) is 17.1 Å². The number of furan rings is 1. The molecule has 0 saturated carbocycles. The Kier molecular flexibility index (Phi) is 3.87. The van der Waals surface area contributed by atoms with E-state index in [2.05, 4.69) is 41.0 Å². The van der Waals surface area contributed by atoms with E-state index in [1.165, 1.54) is 5.39 Å². The summed E-state index contributed by atoms with van der Waals surface area (Å²) in [5.41, 5.74) is 5.14. The van der Waals surface area contributed by atoms with Crippen molar-refractivity contribution in [1.29, 1.82) is 0 Å². The van der Waals surface area contributed by atoms with Crippen LogP contribution in [0.1, 0.15) is 22.2 Å². The Morgan fingerprint density at radius 1 is 0.906 bits per heavy atom. The van der Waals surface area contributed by atoms with Crippen LogP contribution in [0, 0.1) is 5.92 Å². The zero-order valence-electron chi connectivity index (χ0n) is 20.0. The predicted octanol–water partition coefficient (Wildman–Crippen LogP) is 7.79. The van der Waals surface area contributed by atoms with E-state index < -0.39 is 6.37 Å². The molecule has 0 atom stereocenters. The summed E-state index contributed by atoms with van der Waals surface area (Å²) in [5, 5.41) is 3.21. The molecule has 0 aliphatic rings. The van der Waals surface area contributed by atoms with Gasteiger partial charge in [0, 0.05) is 13.8 Å². The van der Waals surface area contributed by atoms with Gasteiger partial charge in [0.25, 0.3) is 0 Å². The van der Waals surface area contributed by atoms with E-state index in [0.29, 0.717) is 5.56 Å². The van der Waals surface area contributed by atoms with Crippen LogP contribution in [0.25, 0.3) is 49.9 Å². The summed E-state index contributed by atoms with van der Waals surface area (Å²) >= 11 is 0. The van der Waals surface area contributed by atoms with Crippen molar-refractivity contribution >= 4 is 32.8 Å². The maximum absolute atomic E-state index is 8.58. The number of hydrogen-bond donors (Lipinski definition) is 0. The van der Waals surface area contributed by atoms with Crippen LogP contribution in [0.2, 0.25) is 0 Å². The molecule has 3 nitrogen and oxygen atoms in total. The number of fused-ring (bicyclic) bond motifs is 3. The maximum atomic E-state index is 8.58. The third kappa shape index (κ3) is 3.09. The second kappa shape index (κ2) is 7.38. The van der Waals surface area contributed by atoms with Gasteiger partial charge in [0.1, 0.15) is 17.7 Å². The van der Waals surface area contributed by atoms with Crippen LogP contribution >= 0.6 is 0 Å². The van der Waals surface area contributed by atoms with Gasteiger partial charge in [-0.25, -0.2) is 4.98 Å². The number of imidazole rings is 1. The number of aromatic nitrogens is 2. The molecule has 3 heteroatoms. The van der Waals surface area contributed by atoms with Gasteiger partial charge in [-0.15, -0.1) is 0 Å². The molecule has 6 aromatic rings. The van der Waals surface area contributed by atoms with E-state index >= 15 is 0 Å². The molecule has 32 heavy (non-hydrogen) atoms. The van der Waals surface area contributed by atoms with Gasteiger partial charge in [0.2, 0.25) is 0 Å². The zero-order valence-corrected chi connectivity index (χ0v) is 18.0. The lowest BCUT2D eigenvalue weighted by atomic mass is 10.0. The quantitative estimate of drug-likeness (QED) is 0.292. The molecule has 0 amide bonds. The smallest absolute Gasteiger partial charge is 0.149 e. The van der Waals surface area contributed by atoms with Crippen LogP contribution in [0.4, 0.5) is 0 Å². The Morgan fingerprint density at radius 2 is 1.72 bits per heavy atom. The van der Waals surface area contributed by atoms with Crippen molar-refractivity contribution in [2.75, 3.05) is 0 Å². The molecule has 0 N–H and O–H groups in total. The molecule has 0 fully saturated rings. The van der Waals surface area contributed by atoms with Crippen LogP contribution < -0.4 is 0 Å². The van der Waals surface area contributed by atoms with Gasteiger partial charge in [-0.05, 0) is 65.0 Å². The lowest BCUT2D eigenvalue weighted by Gasteiger charge is -2.10. The highest BCUT2D eigenvalue weighted by Gasteiger charge is 2.19. The van der Waals surface area contributed by atoms with Crippen molar-refractivity contribution in [3.05, 3.63) is 96.8 Å². The van der Waals surface area contributed by atoms with Crippen molar-refractivity contribution in [3.63, 3.8) is 0 Å². The molecule has 2 aromatic heterocycles. The van der Waals surface area contributed by atoms with Gasteiger partial charge in [0.15, 0.2) is 0 Å². The minimum atomic E-state index is -1.44. The van der Waals surface area contributed by atoms with Gasteiger partial charge in [-0.3, -0.25) is 4.57 Å². The van der Waals surface area contributed by atoms with Gasteiger partial charge in [-0.2, -0.15) is 0 Å². The van der Waals surface area contributed by atoms with Crippen molar-refractivity contribution in [2.24, 2.45) is 5.92 Å². The molecule has 0 aliphatic carbocycles. The standard InChI is InChI=1S/C29H24N2O/c1-19(2)15-20-11-14-28-24(16-20)25(18-32-28)29-30-26-9-5-6-10-27(26)31(29)23-13-12-21-7-3-4-8-22(21)17-23/h3-14,16-19H,15H2,1-2H3/i15D2. The maximum Gasteiger partial charge on any atom is 0.149 e. The Balaban J connectivity index is 1.62. The molecule has 4 aromatic carbocycles. The molecule has 156 valence electrons. The summed E-state index contributed by atoms with van der Waals surface area (Å²) in [6.45, 7) is 3.80. The van der Waals surface area contributed by atoms with Crippen LogP contribution in [-0.4, -0.2) is 9.55 Å². The Hall–Kier alpha value is -3.85. The summed E-state index contributed by atoms with van der Waals surface area (Å²) in [5.74, 6) is 0.625. The Labute approximate surface area is 189 Å². The molecule has 0 radical (unpaired) electrons. The Morgan fingerprint density at radius 3 is 2.59 bits per heavy atom. The average Bonchev–Trinajstić information content (AvgIpc) is 3.44. The second-order valence-corrected chi connectivity index (χ2v) is 8.45. The molecule has 6 rings (SSSR count). The summed E-state index contributed by atoms with van der Waals surface area (Å²) < 4.78 is 25.2. The lowest BCUT2D eigenvalue weighted by Crippen LogP contribution is -1.98. The molecule has 0 unspecified atom stereocenters. The molecule has 2 heterocycles. The van der Waals surface area contributed by atoms with Crippen molar-refractivity contribution < 1.29 is 7.16 Å². The van der Waals surface area contributed by atoms with E-state index in [4.69, 9.17) is 12.1 Å². The number of para-hydroxylation sites is 2. The Bertz CT molecular complexity index is 1680. The van der Waals surface area contributed by atoms with Gasteiger partial charge >= 0.3 is 0 Å². The molecule has 0 bridgehead atoms. The first-order valence-corrected chi connectivity index (χ1v) is 10.9. The van der Waals surface area contributed by atoms with E-state index in [-0.39, 0.29) is 5.92 Å². The van der Waals surface area contributed by atoms with E-state index in [1.807, 2.05) is 62.4 Å². The normalized spacial score (nSPS) is 13.2. The first-order valence-electron chi connectivity index (χ1n) is 11.9. The van der Waals surface area contributed by atoms with Gasteiger partial charge in [-0.1, -0.05) is 62.4 Å². The fraction of sp³-hybridized carbons (Fsp3) is 0.138. The SMILES string of the molecule is [2H]C([2H])(c1ccc2occ(-c3nc4ccccc4n3-c3ccc4ccccc4c3)c2c1)C(C)C. The van der Waals surface area contributed by atoms with Crippen LogP contribution in [-0.2, 0) is 6.37 Å². The number of nitrogens with zero attached hydrogens (tertiary/aromatic N) is 2. The zero-order chi connectivity index (χ0) is 23.4. The minimum Gasteiger partial charge on any atom is -0.464 e. The topological polar surface area (TPSA) is 31.0 Å². The van der Waals surface area contributed by atoms with Gasteiger partial charge < -0.3 is 4.42 Å². The van der Waals surface area contributed by atoms with E-state index in [0.717, 1.165) is 44.5 Å². The minimum absolute atomic E-state index is 0.150. The average molecular weight is 419 g/mol. The summed E-state index contributed by atoms with van der Waals surface area (Å²) in [6, 6.07) is 28.4. The second-order valence-electron chi connectivity index (χ2n) is 8.45. The number of hydrogen-bond acceptors (Lipinski definition) is 2. The molecule has 0 spiro atoms. The number of benzene rings is 4. The van der Waals surface area contributed by atoms with Crippen LogP contribution in [0.15, 0.2) is 95.6 Å². The number of rotatable bonds is 4. The third-order valence-corrected chi connectivity index (χ3v) is 5.82. The van der Waals surface area contributed by atoms with Crippen LogP contribution in [0.3, 0.4) is 0 Å². The highest BCUT2D eigenvalue weighted by molar-refractivity contribution is 5.96. The monoisotopic (exact) mass is 418 g/mol. The molecule has 0 saturated heterocycles. The van der Waals surface area contributed by atoms with Crippen LogP contribution in [0.5, 0.6) is 0 Å². The first-order chi connectivity index (χ1) is 16.4. The third-order valence-electron chi connectivity index (χ3n) is 5.82. The summed E-state index contributed by atoms with van der Waals surface area (Å²) in [7, 11) is 0.